The van der Waals surface area contributed by atoms with E-state index in [0.29, 0.717) is 12.4 Å². The number of rotatable bonds is 3. The largest absolute Gasteiger partial charge is 0.508 e. The maximum atomic E-state index is 10.0. The molecule has 0 aliphatic rings. The fourth-order valence-electron chi connectivity index (χ4n) is 0.671. The lowest BCUT2D eigenvalue weighted by Gasteiger charge is -1.88. The van der Waals surface area contributed by atoms with Gasteiger partial charge in [0.15, 0.2) is 0 Å². The van der Waals surface area contributed by atoms with Crippen LogP contribution in [0.3, 0.4) is 0 Å². The van der Waals surface area contributed by atoms with Crippen molar-refractivity contribution in [1.82, 2.24) is 0 Å². The van der Waals surface area contributed by atoms with Crippen molar-refractivity contribution in [2.75, 3.05) is 21.0 Å². The van der Waals surface area contributed by atoms with Crippen molar-refractivity contribution in [1.29, 1.82) is 0 Å². The van der Waals surface area contributed by atoms with Gasteiger partial charge in [-0.3, -0.25) is 4.79 Å². The summed E-state index contributed by atoms with van der Waals surface area (Å²) in [6.45, 7) is 0.389. The number of aldehydes is 1. The Bertz CT molecular complexity index is 241. The number of ether oxygens (including phenoxy) is 2. The van der Waals surface area contributed by atoms with Gasteiger partial charge in [0.1, 0.15) is 18.8 Å². The second kappa shape index (κ2) is 8.22. The maximum Gasteiger partial charge on any atom is 0.150 e. The Morgan fingerprint density at radius 2 is 1.71 bits per heavy atom. The second-order valence-electron chi connectivity index (χ2n) is 2.40. The van der Waals surface area contributed by atoms with E-state index < -0.39 is 0 Å². The predicted molar refractivity (Wildman–Crippen MR) is 52.4 cm³/mol. The molecule has 0 amide bonds. The third-order valence-corrected chi connectivity index (χ3v) is 1.26. The van der Waals surface area contributed by atoms with E-state index in [1.54, 1.807) is 26.4 Å². The van der Waals surface area contributed by atoms with Gasteiger partial charge in [-0.05, 0) is 24.3 Å². The van der Waals surface area contributed by atoms with E-state index in [1.807, 2.05) is 0 Å². The molecule has 78 valence electrons. The molecule has 1 rings (SSSR count). The van der Waals surface area contributed by atoms with Gasteiger partial charge in [-0.1, -0.05) is 0 Å². The lowest BCUT2D eigenvalue weighted by molar-refractivity contribution is -0.00272. The molecule has 1 N–H and O–H groups in total. The van der Waals surface area contributed by atoms with Crippen LogP contribution in [0.5, 0.6) is 5.75 Å². The molecule has 0 aliphatic carbocycles. The first kappa shape index (κ1) is 12.6. The molecule has 0 unspecified atom stereocenters. The summed E-state index contributed by atoms with van der Waals surface area (Å²) in [5.41, 5.74) is 0.577. The number of carbonyl (C=O) groups is 1. The highest BCUT2D eigenvalue weighted by Crippen LogP contribution is 2.07. The molecule has 1 aromatic carbocycles. The fourth-order valence-corrected chi connectivity index (χ4v) is 0.671. The second-order valence-corrected chi connectivity index (χ2v) is 2.40. The van der Waals surface area contributed by atoms with Crippen LogP contribution in [0.15, 0.2) is 24.3 Å². The molecule has 0 saturated heterocycles. The zero-order valence-electron chi connectivity index (χ0n) is 8.27. The number of phenolic OH excluding ortho intramolecular Hbond substituents is 1. The summed E-state index contributed by atoms with van der Waals surface area (Å²) < 4.78 is 8.94. The average Bonchev–Trinajstić information content (AvgIpc) is 2.21. The van der Waals surface area contributed by atoms with Crippen LogP contribution >= 0.6 is 0 Å². The van der Waals surface area contributed by atoms with Crippen LogP contribution in [0.2, 0.25) is 0 Å². The van der Waals surface area contributed by atoms with Gasteiger partial charge in [0, 0.05) is 19.8 Å². The highest BCUT2D eigenvalue weighted by molar-refractivity contribution is 5.74. The summed E-state index contributed by atoms with van der Waals surface area (Å²) in [7, 11) is 3.17. The molecule has 0 aliphatic heterocycles. The quantitative estimate of drug-likeness (QED) is 0.589. The van der Waals surface area contributed by atoms with Crippen LogP contribution in [0.25, 0.3) is 0 Å². The predicted octanol–water partition coefficient (Wildman–Crippen LogP) is 1.44. The topological polar surface area (TPSA) is 55.8 Å². The average molecular weight is 198 g/mol. The van der Waals surface area contributed by atoms with Crippen molar-refractivity contribution in [3.05, 3.63) is 29.8 Å². The number of hydrogen-bond donors (Lipinski definition) is 1. The minimum Gasteiger partial charge on any atom is -0.508 e. The first-order valence-corrected chi connectivity index (χ1v) is 3.96. The van der Waals surface area contributed by atoms with Crippen molar-refractivity contribution >= 4 is 6.29 Å². The summed E-state index contributed by atoms with van der Waals surface area (Å²) in [5, 5.41) is 8.74. The van der Waals surface area contributed by atoms with Gasteiger partial charge in [-0.15, -0.1) is 0 Å². The minimum atomic E-state index is 0.181. The Morgan fingerprint density at radius 3 is 2.00 bits per heavy atom. The molecule has 4 heteroatoms. The summed E-state index contributed by atoms with van der Waals surface area (Å²) in [6, 6.07) is 6.07. The smallest absolute Gasteiger partial charge is 0.150 e. The highest BCUT2D eigenvalue weighted by atomic mass is 16.6. The third-order valence-electron chi connectivity index (χ3n) is 1.26. The molecular weight excluding hydrogens is 184 g/mol. The van der Waals surface area contributed by atoms with E-state index >= 15 is 0 Å². The summed E-state index contributed by atoms with van der Waals surface area (Å²) in [4.78, 5) is 10.0. The van der Waals surface area contributed by atoms with E-state index in [9.17, 15) is 4.79 Å². The van der Waals surface area contributed by atoms with Crippen molar-refractivity contribution in [3.8, 4) is 5.75 Å². The Labute approximate surface area is 83.1 Å². The number of benzene rings is 1. The standard InChI is InChI=1S/C7H6O2.C3H8O2/c8-5-6-1-3-7(9)4-2-6;1-4-3-5-2/h1-5,9H;3H2,1-2H3. The van der Waals surface area contributed by atoms with E-state index in [4.69, 9.17) is 5.11 Å². The fraction of sp³-hybridized carbons (Fsp3) is 0.300. The minimum absolute atomic E-state index is 0.181. The van der Waals surface area contributed by atoms with E-state index in [1.165, 1.54) is 12.1 Å². The van der Waals surface area contributed by atoms with Crippen molar-refractivity contribution in [2.24, 2.45) is 0 Å². The SMILES string of the molecule is COCOC.O=Cc1ccc(O)cc1. The lowest BCUT2D eigenvalue weighted by Crippen LogP contribution is -1.87. The molecule has 0 heterocycles. The molecule has 14 heavy (non-hydrogen) atoms. The van der Waals surface area contributed by atoms with Gasteiger partial charge in [-0.2, -0.15) is 0 Å². The third kappa shape index (κ3) is 6.16. The van der Waals surface area contributed by atoms with Crippen LogP contribution in [-0.2, 0) is 9.47 Å². The lowest BCUT2D eigenvalue weighted by atomic mass is 10.2. The summed E-state index contributed by atoms with van der Waals surface area (Å²) in [6.07, 6.45) is 0.736. The molecule has 4 nitrogen and oxygen atoms in total. The van der Waals surface area contributed by atoms with Gasteiger partial charge < -0.3 is 14.6 Å². The Balaban J connectivity index is 0.000000292. The molecule has 0 fully saturated rings. The van der Waals surface area contributed by atoms with Crippen LogP contribution in [0.1, 0.15) is 10.4 Å². The molecular formula is C10H14O4. The normalized spacial score (nSPS) is 8.71. The van der Waals surface area contributed by atoms with Gasteiger partial charge in [-0.25, -0.2) is 0 Å². The molecule has 0 bridgehead atoms. The van der Waals surface area contributed by atoms with Crippen molar-refractivity contribution < 1.29 is 19.4 Å². The first-order chi connectivity index (χ1) is 6.74. The Hall–Kier alpha value is -1.39. The first-order valence-electron chi connectivity index (χ1n) is 3.96. The van der Waals surface area contributed by atoms with Crippen LogP contribution in [0, 0.1) is 0 Å². The van der Waals surface area contributed by atoms with E-state index in [2.05, 4.69) is 9.47 Å². The molecule has 1 aromatic rings. The number of aromatic hydroxyl groups is 1. The number of hydrogen-bond acceptors (Lipinski definition) is 4. The highest BCUT2D eigenvalue weighted by Gasteiger charge is 1.86. The van der Waals surface area contributed by atoms with Gasteiger partial charge >= 0.3 is 0 Å². The molecule has 0 saturated carbocycles. The number of carbonyl (C=O) groups excluding carboxylic acids is 1. The number of methoxy groups -OCH3 is 2. The van der Waals surface area contributed by atoms with E-state index in [-0.39, 0.29) is 5.75 Å². The maximum absolute atomic E-state index is 10.0. The van der Waals surface area contributed by atoms with Gasteiger partial charge in [0.25, 0.3) is 0 Å². The van der Waals surface area contributed by atoms with E-state index in [0.717, 1.165) is 6.29 Å². The van der Waals surface area contributed by atoms with Gasteiger partial charge in [0.05, 0.1) is 0 Å². The summed E-state index contributed by atoms with van der Waals surface area (Å²) >= 11 is 0. The molecule has 0 radical (unpaired) electrons. The number of phenols is 1. The zero-order chi connectivity index (χ0) is 10.8. The Kier molecular flexibility index (Phi) is 7.40. The van der Waals surface area contributed by atoms with Gasteiger partial charge in [0.2, 0.25) is 0 Å². The summed E-state index contributed by atoms with van der Waals surface area (Å²) in [5.74, 6) is 0.181. The Morgan fingerprint density at radius 1 is 1.21 bits per heavy atom. The molecule has 0 aromatic heterocycles. The van der Waals surface area contributed by atoms with Crippen LogP contribution in [0.4, 0.5) is 0 Å². The molecule has 0 atom stereocenters. The van der Waals surface area contributed by atoms with Crippen LogP contribution in [-0.4, -0.2) is 32.4 Å². The van der Waals surface area contributed by atoms with Crippen LogP contribution < -0.4 is 0 Å². The zero-order valence-corrected chi connectivity index (χ0v) is 8.27. The molecule has 0 spiro atoms. The monoisotopic (exact) mass is 198 g/mol. The van der Waals surface area contributed by atoms with Crippen molar-refractivity contribution in [3.63, 3.8) is 0 Å². The van der Waals surface area contributed by atoms with Crippen molar-refractivity contribution in [2.45, 2.75) is 0 Å².